The Morgan fingerprint density at radius 3 is 2.72 bits per heavy atom. The third-order valence-corrected chi connectivity index (χ3v) is 6.05. The number of piperidine rings is 1. The van der Waals surface area contributed by atoms with Gasteiger partial charge in [-0.2, -0.15) is 5.26 Å². The number of benzene rings is 1. The summed E-state index contributed by atoms with van der Waals surface area (Å²) in [6, 6.07) is 13.5. The molecule has 1 aliphatic carbocycles. The zero-order chi connectivity index (χ0) is 17.6. The van der Waals surface area contributed by atoms with Gasteiger partial charge in [0.1, 0.15) is 5.82 Å². The fraction of sp³-hybridized carbons (Fsp3) is 0.400. The quantitative estimate of drug-likeness (QED) is 0.866. The molecule has 2 N–H and O–H groups in total. The average Bonchev–Trinajstić information content (AvgIpc) is 2.90. The van der Waals surface area contributed by atoms with E-state index in [0.29, 0.717) is 5.56 Å². The number of hydrogen-bond donors (Lipinski definition) is 1. The lowest BCUT2D eigenvalue weighted by Crippen LogP contribution is -2.45. The normalized spacial score (nSPS) is 21.2. The molecule has 0 unspecified atom stereocenters. The van der Waals surface area contributed by atoms with Crippen molar-refractivity contribution in [2.45, 2.75) is 25.3 Å². The second-order valence-electron chi connectivity index (χ2n) is 7.31. The molecule has 0 radical (unpaired) electrons. The molecule has 1 saturated heterocycles. The van der Waals surface area contributed by atoms with Gasteiger partial charge in [0, 0.05) is 32.2 Å². The Kier molecular flexibility index (Phi) is 3.66. The lowest BCUT2D eigenvalue weighted by Gasteiger charge is -2.43. The number of nitriles is 1. The predicted octanol–water partition coefficient (Wildman–Crippen LogP) is 2.10. The van der Waals surface area contributed by atoms with Crippen LogP contribution in [0.1, 0.15) is 35.6 Å². The van der Waals surface area contributed by atoms with Gasteiger partial charge in [0.15, 0.2) is 0 Å². The topological polar surface area (TPSA) is 75.1 Å². The Labute approximate surface area is 147 Å². The molecule has 0 amide bonds. The van der Waals surface area contributed by atoms with E-state index in [4.69, 9.17) is 11.0 Å². The summed E-state index contributed by atoms with van der Waals surface area (Å²) in [6.45, 7) is 1.79. The Bertz CT molecular complexity index is 916. The molecule has 0 bridgehead atoms. The van der Waals surface area contributed by atoms with E-state index in [0.717, 1.165) is 43.7 Å². The summed E-state index contributed by atoms with van der Waals surface area (Å²) < 4.78 is 1.71. The summed E-state index contributed by atoms with van der Waals surface area (Å²) in [5, 5.41) is 9.14. The van der Waals surface area contributed by atoms with Crippen LogP contribution in [0.25, 0.3) is 0 Å². The highest BCUT2D eigenvalue weighted by Crippen LogP contribution is 2.51. The Balaban J connectivity index is 1.57. The summed E-state index contributed by atoms with van der Waals surface area (Å²) in [7, 11) is 1.82. The Morgan fingerprint density at radius 1 is 1.24 bits per heavy atom. The minimum Gasteiger partial charge on any atom is -0.358 e. The molecule has 2 aromatic rings. The zero-order valence-electron chi connectivity index (χ0n) is 14.4. The van der Waals surface area contributed by atoms with E-state index < -0.39 is 0 Å². The smallest absolute Gasteiger partial charge is 0.251 e. The van der Waals surface area contributed by atoms with Crippen molar-refractivity contribution in [2.24, 2.45) is 18.2 Å². The lowest BCUT2D eigenvalue weighted by molar-refractivity contribution is 0.187. The van der Waals surface area contributed by atoms with Gasteiger partial charge in [0.25, 0.3) is 5.56 Å². The fourth-order valence-electron chi connectivity index (χ4n) is 4.47. The molecule has 1 aliphatic heterocycles. The number of rotatable bonds is 1. The first kappa shape index (κ1) is 15.9. The van der Waals surface area contributed by atoms with Gasteiger partial charge in [-0.25, -0.2) is 0 Å². The average molecular weight is 334 g/mol. The van der Waals surface area contributed by atoms with E-state index in [9.17, 15) is 4.79 Å². The van der Waals surface area contributed by atoms with Gasteiger partial charge in [-0.05, 0) is 54.0 Å². The standard InChI is InChI=1S/C20H22N4O/c1-23-17(3-2-4-18(23)25)24-9-7-20(8-10-24)12-15-6-5-14(13-21)11-16(15)19(20)22/h2-6,11,19H,7-10,12,22H2,1H3/t19-/m1/s1. The van der Waals surface area contributed by atoms with E-state index in [2.05, 4.69) is 17.0 Å². The maximum absolute atomic E-state index is 11.9. The van der Waals surface area contributed by atoms with Crippen molar-refractivity contribution in [3.63, 3.8) is 0 Å². The molecule has 2 aliphatic rings. The maximum Gasteiger partial charge on any atom is 0.251 e. The van der Waals surface area contributed by atoms with Crippen LogP contribution in [0.15, 0.2) is 41.2 Å². The summed E-state index contributed by atoms with van der Waals surface area (Å²) in [4.78, 5) is 14.2. The van der Waals surface area contributed by atoms with Gasteiger partial charge < -0.3 is 10.6 Å². The zero-order valence-corrected chi connectivity index (χ0v) is 14.4. The van der Waals surface area contributed by atoms with Gasteiger partial charge in [-0.15, -0.1) is 0 Å². The highest BCUT2D eigenvalue weighted by atomic mass is 16.1. The fourth-order valence-corrected chi connectivity index (χ4v) is 4.47. The molecule has 1 aromatic carbocycles. The second-order valence-corrected chi connectivity index (χ2v) is 7.31. The van der Waals surface area contributed by atoms with E-state index in [1.165, 1.54) is 5.56 Å². The van der Waals surface area contributed by atoms with Crippen molar-refractivity contribution < 1.29 is 0 Å². The highest BCUT2D eigenvalue weighted by molar-refractivity contribution is 5.46. The van der Waals surface area contributed by atoms with Crippen LogP contribution in [0.3, 0.4) is 0 Å². The van der Waals surface area contributed by atoms with Gasteiger partial charge in [0.05, 0.1) is 11.6 Å². The Hall–Kier alpha value is -2.58. The van der Waals surface area contributed by atoms with Crippen molar-refractivity contribution in [3.05, 3.63) is 63.4 Å². The van der Waals surface area contributed by atoms with E-state index in [-0.39, 0.29) is 17.0 Å². The number of pyridine rings is 1. The molecule has 1 fully saturated rings. The number of anilines is 1. The van der Waals surface area contributed by atoms with Crippen molar-refractivity contribution in [1.82, 2.24) is 4.57 Å². The molecule has 1 aromatic heterocycles. The first-order valence-corrected chi connectivity index (χ1v) is 8.74. The van der Waals surface area contributed by atoms with Crippen molar-refractivity contribution >= 4 is 5.82 Å². The molecule has 128 valence electrons. The molecule has 5 nitrogen and oxygen atoms in total. The van der Waals surface area contributed by atoms with Crippen LogP contribution in [0.4, 0.5) is 5.82 Å². The summed E-state index contributed by atoms with van der Waals surface area (Å²) in [5.74, 6) is 0.971. The van der Waals surface area contributed by atoms with Crippen LogP contribution < -0.4 is 16.2 Å². The van der Waals surface area contributed by atoms with Crippen LogP contribution in [0.2, 0.25) is 0 Å². The van der Waals surface area contributed by atoms with E-state index in [1.807, 2.05) is 31.3 Å². The molecular formula is C20H22N4O. The summed E-state index contributed by atoms with van der Waals surface area (Å²) in [5.41, 5.74) is 9.83. The van der Waals surface area contributed by atoms with Crippen molar-refractivity contribution in [2.75, 3.05) is 18.0 Å². The molecule has 0 saturated carbocycles. The SMILES string of the molecule is Cn1c(N2CCC3(CC2)Cc2ccc(C#N)cc2[C@H]3N)cccc1=O. The largest absolute Gasteiger partial charge is 0.358 e. The first-order chi connectivity index (χ1) is 12.0. The van der Waals surface area contributed by atoms with Gasteiger partial charge in [0.2, 0.25) is 0 Å². The van der Waals surface area contributed by atoms with Crippen LogP contribution in [-0.2, 0) is 13.5 Å². The van der Waals surface area contributed by atoms with Crippen molar-refractivity contribution in [3.8, 4) is 6.07 Å². The number of fused-ring (bicyclic) bond motifs is 1. The molecule has 5 heteroatoms. The minimum atomic E-state index is -0.0162. The van der Waals surface area contributed by atoms with Crippen molar-refractivity contribution in [1.29, 1.82) is 5.26 Å². The number of aromatic nitrogens is 1. The molecule has 4 rings (SSSR count). The second kappa shape index (κ2) is 5.75. The van der Waals surface area contributed by atoms with E-state index in [1.54, 1.807) is 10.6 Å². The maximum atomic E-state index is 11.9. The summed E-state index contributed by atoms with van der Waals surface area (Å²) in [6.07, 6.45) is 2.97. The molecule has 1 atom stereocenters. The monoisotopic (exact) mass is 334 g/mol. The predicted molar refractivity (Wildman–Crippen MR) is 97.4 cm³/mol. The lowest BCUT2D eigenvalue weighted by atomic mass is 9.73. The van der Waals surface area contributed by atoms with Gasteiger partial charge in [-0.3, -0.25) is 9.36 Å². The van der Waals surface area contributed by atoms with Crippen LogP contribution in [0, 0.1) is 16.7 Å². The van der Waals surface area contributed by atoms with Crippen LogP contribution in [0.5, 0.6) is 0 Å². The van der Waals surface area contributed by atoms with Gasteiger partial charge >= 0.3 is 0 Å². The third kappa shape index (κ3) is 2.45. The van der Waals surface area contributed by atoms with Gasteiger partial charge in [-0.1, -0.05) is 12.1 Å². The molecular weight excluding hydrogens is 312 g/mol. The molecule has 1 spiro atoms. The number of nitrogens with zero attached hydrogens (tertiary/aromatic N) is 3. The minimum absolute atomic E-state index is 0.0162. The highest BCUT2D eigenvalue weighted by Gasteiger charge is 2.46. The van der Waals surface area contributed by atoms with Crippen LogP contribution >= 0.6 is 0 Å². The first-order valence-electron chi connectivity index (χ1n) is 8.74. The van der Waals surface area contributed by atoms with Crippen LogP contribution in [-0.4, -0.2) is 17.7 Å². The molecule has 25 heavy (non-hydrogen) atoms. The number of hydrogen-bond acceptors (Lipinski definition) is 4. The third-order valence-electron chi connectivity index (χ3n) is 6.05. The number of nitrogens with two attached hydrogens (primary N) is 1. The Morgan fingerprint density at radius 2 is 2.00 bits per heavy atom. The van der Waals surface area contributed by atoms with E-state index >= 15 is 0 Å². The summed E-state index contributed by atoms with van der Waals surface area (Å²) >= 11 is 0. The molecule has 2 heterocycles.